The number of hydrogen-bond acceptors (Lipinski definition) is 6. The number of carboxylic acid groups (broad SMARTS) is 1. The van der Waals surface area contributed by atoms with E-state index in [2.05, 4.69) is 26.6 Å². The summed E-state index contributed by atoms with van der Waals surface area (Å²) >= 11 is 3.39. The van der Waals surface area contributed by atoms with E-state index in [0.29, 0.717) is 6.54 Å². The molecule has 0 amide bonds. The van der Waals surface area contributed by atoms with E-state index < -0.39 is 5.97 Å². The molecule has 0 bridgehead atoms. The minimum absolute atomic E-state index is 0.222. The number of thiazole rings is 1. The van der Waals surface area contributed by atoms with E-state index in [1.807, 2.05) is 6.07 Å². The van der Waals surface area contributed by atoms with Gasteiger partial charge >= 0.3 is 5.97 Å². The molecule has 0 aliphatic carbocycles. The number of nitrogens with zero attached hydrogens (tertiary/aromatic N) is 3. The molecule has 5 nitrogen and oxygen atoms in total. The summed E-state index contributed by atoms with van der Waals surface area (Å²) in [6, 6.07) is 4.13. The maximum atomic E-state index is 10.6. The fourth-order valence-electron chi connectivity index (χ4n) is 2.36. The Morgan fingerprint density at radius 2 is 2.10 bits per heavy atom. The average molecular weight is 323 g/mol. The zero-order valence-electron chi connectivity index (χ0n) is 11.6. The normalized spacial score (nSPS) is 16.3. The molecule has 1 aliphatic heterocycles. The summed E-state index contributed by atoms with van der Waals surface area (Å²) in [6.45, 7) is 4.28. The molecule has 1 saturated heterocycles. The summed E-state index contributed by atoms with van der Waals surface area (Å²) in [5.41, 5.74) is 1.05. The lowest BCUT2D eigenvalue weighted by atomic mass is 10.3. The molecule has 0 atom stereocenters. The van der Waals surface area contributed by atoms with E-state index in [1.54, 1.807) is 22.7 Å². The van der Waals surface area contributed by atoms with E-state index in [0.717, 1.165) is 37.0 Å². The molecule has 3 heterocycles. The minimum Gasteiger partial charge on any atom is -0.481 e. The number of hydrogen-bond donors (Lipinski definition) is 1. The molecule has 112 valence electrons. The zero-order chi connectivity index (χ0) is 14.7. The van der Waals surface area contributed by atoms with Crippen molar-refractivity contribution in [3.8, 4) is 10.6 Å². The van der Waals surface area contributed by atoms with Gasteiger partial charge in [-0.05, 0) is 11.4 Å². The Bertz CT molecular complexity index is 589. The highest BCUT2D eigenvalue weighted by Gasteiger charge is 2.20. The van der Waals surface area contributed by atoms with Crippen LogP contribution in [0.15, 0.2) is 22.9 Å². The summed E-state index contributed by atoms with van der Waals surface area (Å²) < 4.78 is 0. The predicted octanol–water partition coefficient (Wildman–Crippen LogP) is 2.47. The second-order valence-electron chi connectivity index (χ2n) is 4.97. The molecule has 21 heavy (non-hydrogen) atoms. The predicted molar refractivity (Wildman–Crippen MR) is 86.3 cm³/mol. The van der Waals surface area contributed by atoms with Crippen molar-refractivity contribution in [3.05, 3.63) is 22.9 Å². The number of thiophene rings is 1. The van der Waals surface area contributed by atoms with Crippen molar-refractivity contribution in [2.24, 2.45) is 0 Å². The molecule has 1 N–H and O–H groups in total. The highest BCUT2D eigenvalue weighted by molar-refractivity contribution is 7.16. The van der Waals surface area contributed by atoms with Crippen molar-refractivity contribution in [3.63, 3.8) is 0 Å². The third-order valence-corrected chi connectivity index (χ3v) is 5.34. The van der Waals surface area contributed by atoms with Crippen LogP contribution in [-0.2, 0) is 4.79 Å². The highest BCUT2D eigenvalue weighted by Crippen LogP contribution is 2.30. The van der Waals surface area contributed by atoms with Gasteiger partial charge in [0, 0.05) is 38.1 Å². The summed E-state index contributed by atoms with van der Waals surface area (Å²) in [5, 5.41) is 14.0. The molecule has 0 spiro atoms. The maximum Gasteiger partial charge on any atom is 0.304 e. The van der Waals surface area contributed by atoms with E-state index in [-0.39, 0.29) is 6.42 Å². The van der Waals surface area contributed by atoms with Gasteiger partial charge in [0.1, 0.15) is 0 Å². The SMILES string of the molecule is O=C(O)CCN1CCN(c2nc(-c3cccs3)cs2)CC1. The van der Waals surface area contributed by atoms with Gasteiger partial charge in [-0.3, -0.25) is 9.69 Å². The van der Waals surface area contributed by atoms with Gasteiger partial charge in [0.05, 0.1) is 17.0 Å². The number of carboxylic acids is 1. The molecule has 0 aromatic carbocycles. The van der Waals surface area contributed by atoms with Gasteiger partial charge in [0.2, 0.25) is 0 Å². The quantitative estimate of drug-likeness (QED) is 0.916. The largest absolute Gasteiger partial charge is 0.481 e. The summed E-state index contributed by atoms with van der Waals surface area (Å²) in [6.07, 6.45) is 0.222. The maximum absolute atomic E-state index is 10.6. The average Bonchev–Trinajstić information content (AvgIpc) is 3.16. The first-order chi connectivity index (χ1) is 10.2. The Morgan fingerprint density at radius 1 is 1.29 bits per heavy atom. The van der Waals surface area contributed by atoms with Gasteiger partial charge in [-0.15, -0.1) is 22.7 Å². The Morgan fingerprint density at radius 3 is 2.76 bits per heavy atom. The number of aromatic nitrogens is 1. The lowest BCUT2D eigenvalue weighted by Crippen LogP contribution is -2.46. The monoisotopic (exact) mass is 323 g/mol. The van der Waals surface area contributed by atoms with E-state index in [4.69, 9.17) is 10.1 Å². The molecule has 3 rings (SSSR count). The van der Waals surface area contributed by atoms with Crippen LogP contribution >= 0.6 is 22.7 Å². The Hall–Kier alpha value is -1.44. The third kappa shape index (κ3) is 3.61. The fourth-order valence-corrected chi connectivity index (χ4v) is 4.00. The van der Waals surface area contributed by atoms with Gasteiger partial charge in [-0.2, -0.15) is 0 Å². The van der Waals surface area contributed by atoms with Crippen molar-refractivity contribution in [2.75, 3.05) is 37.6 Å². The summed E-state index contributed by atoms with van der Waals surface area (Å²) in [5.74, 6) is -0.724. The molecular formula is C14H17N3O2S2. The van der Waals surface area contributed by atoms with Crippen molar-refractivity contribution >= 4 is 33.8 Å². The third-order valence-electron chi connectivity index (χ3n) is 3.55. The number of anilines is 1. The van der Waals surface area contributed by atoms with Gasteiger partial charge in [-0.1, -0.05) is 6.07 Å². The van der Waals surface area contributed by atoms with Gasteiger partial charge in [0.15, 0.2) is 5.13 Å². The van der Waals surface area contributed by atoms with Gasteiger partial charge in [0.25, 0.3) is 0 Å². The molecule has 1 aliphatic rings. The molecule has 0 unspecified atom stereocenters. The Labute approximate surface area is 131 Å². The number of aliphatic carboxylic acids is 1. The second-order valence-corrected chi connectivity index (χ2v) is 6.75. The lowest BCUT2D eigenvalue weighted by molar-refractivity contribution is -0.137. The second kappa shape index (κ2) is 6.55. The summed E-state index contributed by atoms with van der Waals surface area (Å²) in [4.78, 5) is 21.0. The molecule has 0 saturated carbocycles. The summed E-state index contributed by atoms with van der Waals surface area (Å²) in [7, 11) is 0. The van der Waals surface area contributed by atoms with Crippen molar-refractivity contribution < 1.29 is 9.90 Å². The van der Waals surface area contributed by atoms with Crippen LogP contribution < -0.4 is 4.90 Å². The van der Waals surface area contributed by atoms with Crippen LogP contribution in [0, 0.1) is 0 Å². The van der Waals surface area contributed by atoms with Crippen LogP contribution in [0.25, 0.3) is 10.6 Å². The minimum atomic E-state index is -0.724. The first-order valence-corrected chi connectivity index (χ1v) is 8.67. The van der Waals surface area contributed by atoms with E-state index >= 15 is 0 Å². The number of carbonyl (C=O) groups is 1. The molecule has 7 heteroatoms. The number of piperazine rings is 1. The van der Waals surface area contributed by atoms with Crippen LogP contribution in [-0.4, -0.2) is 53.7 Å². The van der Waals surface area contributed by atoms with Crippen LogP contribution in [0.2, 0.25) is 0 Å². The first-order valence-electron chi connectivity index (χ1n) is 6.91. The van der Waals surface area contributed by atoms with Crippen LogP contribution in [0.3, 0.4) is 0 Å². The molecule has 2 aromatic heterocycles. The molecule has 1 fully saturated rings. The zero-order valence-corrected chi connectivity index (χ0v) is 13.2. The van der Waals surface area contributed by atoms with Gasteiger partial charge in [-0.25, -0.2) is 4.98 Å². The molecule has 0 radical (unpaired) electrons. The molecular weight excluding hydrogens is 306 g/mol. The van der Waals surface area contributed by atoms with E-state index in [1.165, 1.54) is 4.88 Å². The van der Waals surface area contributed by atoms with Crippen molar-refractivity contribution in [2.45, 2.75) is 6.42 Å². The Kier molecular flexibility index (Phi) is 4.52. The highest BCUT2D eigenvalue weighted by atomic mass is 32.1. The standard InChI is InChI=1S/C14H17N3O2S2/c18-13(19)3-4-16-5-7-17(8-6-16)14-15-11(10-21-14)12-2-1-9-20-12/h1-2,9-10H,3-8H2,(H,18,19). The van der Waals surface area contributed by atoms with Crippen LogP contribution in [0.4, 0.5) is 5.13 Å². The number of rotatable bonds is 5. The van der Waals surface area contributed by atoms with Crippen molar-refractivity contribution in [1.29, 1.82) is 0 Å². The smallest absolute Gasteiger partial charge is 0.304 e. The fraction of sp³-hybridized carbons (Fsp3) is 0.429. The lowest BCUT2D eigenvalue weighted by Gasteiger charge is -2.34. The Balaban J connectivity index is 1.56. The van der Waals surface area contributed by atoms with Crippen LogP contribution in [0.5, 0.6) is 0 Å². The van der Waals surface area contributed by atoms with Gasteiger partial charge < -0.3 is 10.0 Å². The first kappa shape index (κ1) is 14.5. The van der Waals surface area contributed by atoms with E-state index in [9.17, 15) is 4.79 Å². The van der Waals surface area contributed by atoms with Crippen molar-refractivity contribution in [1.82, 2.24) is 9.88 Å². The van der Waals surface area contributed by atoms with Crippen LogP contribution in [0.1, 0.15) is 6.42 Å². The topological polar surface area (TPSA) is 56.7 Å². The molecule has 2 aromatic rings.